The van der Waals surface area contributed by atoms with E-state index in [0.717, 1.165) is 37.5 Å². The van der Waals surface area contributed by atoms with Crippen LogP contribution >= 0.6 is 0 Å². The molecule has 0 saturated carbocycles. The molecule has 6 heteroatoms. The summed E-state index contributed by atoms with van der Waals surface area (Å²) in [6.07, 6.45) is 2.30. The maximum Gasteiger partial charge on any atom is 0.242 e. The van der Waals surface area contributed by atoms with Gasteiger partial charge in [-0.05, 0) is 37.0 Å². The molecule has 112 valence electrons. The second kappa shape index (κ2) is 5.61. The topological polar surface area (TPSA) is 66.6 Å². The molecule has 2 rings (SSSR count). The van der Waals surface area contributed by atoms with Gasteiger partial charge in [0.15, 0.2) is 0 Å². The Bertz CT molecular complexity index is 576. The number of hydrogen-bond acceptors (Lipinski definition) is 4. The third-order valence-corrected chi connectivity index (χ3v) is 5.71. The summed E-state index contributed by atoms with van der Waals surface area (Å²) >= 11 is 0. The molecule has 0 bridgehead atoms. The SMILES string of the molecule is CC1CCN(c2ccc(S(=O)(=O)N(C)C)cc2N)CC1. The Morgan fingerprint density at radius 3 is 2.35 bits per heavy atom. The zero-order valence-electron chi connectivity index (χ0n) is 12.3. The molecule has 1 fully saturated rings. The predicted octanol–water partition coefficient (Wildman–Crippen LogP) is 1.76. The van der Waals surface area contributed by atoms with Gasteiger partial charge in [-0.25, -0.2) is 12.7 Å². The van der Waals surface area contributed by atoms with Gasteiger partial charge in [0.2, 0.25) is 10.0 Å². The summed E-state index contributed by atoms with van der Waals surface area (Å²) in [5, 5.41) is 0. The fourth-order valence-corrected chi connectivity index (χ4v) is 3.38. The van der Waals surface area contributed by atoms with Crippen LogP contribution in [0.5, 0.6) is 0 Å². The molecule has 1 aliphatic heterocycles. The number of hydrogen-bond donors (Lipinski definition) is 1. The van der Waals surface area contributed by atoms with Crippen LogP contribution in [-0.2, 0) is 10.0 Å². The maximum atomic E-state index is 12.1. The van der Waals surface area contributed by atoms with Crippen molar-refractivity contribution < 1.29 is 8.42 Å². The Hall–Kier alpha value is -1.27. The molecular formula is C14H23N3O2S. The number of rotatable bonds is 3. The molecule has 0 amide bonds. The average molecular weight is 297 g/mol. The molecule has 1 saturated heterocycles. The Morgan fingerprint density at radius 1 is 1.25 bits per heavy atom. The van der Waals surface area contributed by atoms with Crippen molar-refractivity contribution >= 4 is 21.4 Å². The van der Waals surface area contributed by atoms with Crippen LogP contribution in [-0.4, -0.2) is 39.9 Å². The molecule has 0 aliphatic carbocycles. The van der Waals surface area contributed by atoms with Crippen molar-refractivity contribution in [2.75, 3.05) is 37.8 Å². The third kappa shape index (κ3) is 2.91. The summed E-state index contributed by atoms with van der Waals surface area (Å²) in [6.45, 7) is 4.21. The van der Waals surface area contributed by atoms with Gasteiger partial charge in [-0.3, -0.25) is 0 Å². The van der Waals surface area contributed by atoms with Crippen LogP contribution in [0.2, 0.25) is 0 Å². The van der Waals surface area contributed by atoms with Crippen molar-refractivity contribution in [1.29, 1.82) is 0 Å². The van der Waals surface area contributed by atoms with Gasteiger partial charge < -0.3 is 10.6 Å². The Kier molecular flexibility index (Phi) is 4.25. The first kappa shape index (κ1) is 15.1. The van der Waals surface area contributed by atoms with Crippen LogP contribution in [0.1, 0.15) is 19.8 Å². The first-order chi connectivity index (χ1) is 9.32. The molecule has 0 radical (unpaired) electrons. The van der Waals surface area contributed by atoms with Gasteiger partial charge in [0.1, 0.15) is 0 Å². The molecule has 1 aromatic carbocycles. The van der Waals surface area contributed by atoms with E-state index < -0.39 is 10.0 Å². The molecule has 1 aromatic rings. The quantitative estimate of drug-likeness (QED) is 0.863. The van der Waals surface area contributed by atoms with E-state index in [-0.39, 0.29) is 4.90 Å². The van der Waals surface area contributed by atoms with Crippen LogP contribution in [0.4, 0.5) is 11.4 Å². The predicted molar refractivity (Wildman–Crippen MR) is 82.3 cm³/mol. The van der Waals surface area contributed by atoms with E-state index in [9.17, 15) is 8.42 Å². The van der Waals surface area contributed by atoms with E-state index in [1.807, 2.05) is 6.07 Å². The van der Waals surface area contributed by atoms with Gasteiger partial charge in [0.25, 0.3) is 0 Å². The minimum absolute atomic E-state index is 0.245. The van der Waals surface area contributed by atoms with Crippen molar-refractivity contribution in [3.05, 3.63) is 18.2 Å². The van der Waals surface area contributed by atoms with Gasteiger partial charge in [0, 0.05) is 27.2 Å². The molecule has 0 atom stereocenters. The third-order valence-electron chi connectivity index (χ3n) is 3.90. The van der Waals surface area contributed by atoms with E-state index in [2.05, 4.69) is 11.8 Å². The largest absolute Gasteiger partial charge is 0.397 e. The fraction of sp³-hybridized carbons (Fsp3) is 0.571. The van der Waals surface area contributed by atoms with Crippen molar-refractivity contribution in [3.63, 3.8) is 0 Å². The monoisotopic (exact) mass is 297 g/mol. The number of benzene rings is 1. The van der Waals surface area contributed by atoms with Crippen LogP contribution in [0.3, 0.4) is 0 Å². The van der Waals surface area contributed by atoms with Gasteiger partial charge in [-0.1, -0.05) is 6.92 Å². The van der Waals surface area contributed by atoms with Crippen LogP contribution < -0.4 is 10.6 Å². The number of sulfonamides is 1. The summed E-state index contributed by atoms with van der Waals surface area (Å²) in [6, 6.07) is 5.02. The molecule has 1 aliphatic rings. The highest BCUT2D eigenvalue weighted by atomic mass is 32.2. The second-order valence-electron chi connectivity index (χ2n) is 5.68. The number of nitrogen functional groups attached to an aromatic ring is 1. The van der Waals surface area contributed by atoms with E-state index in [1.165, 1.54) is 18.4 Å². The first-order valence-corrected chi connectivity index (χ1v) is 8.33. The molecule has 5 nitrogen and oxygen atoms in total. The molecule has 1 heterocycles. The number of nitrogens with zero attached hydrogens (tertiary/aromatic N) is 2. The summed E-state index contributed by atoms with van der Waals surface area (Å²) < 4.78 is 25.3. The van der Waals surface area contributed by atoms with Gasteiger partial charge >= 0.3 is 0 Å². The molecule has 2 N–H and O–H groups in total. The Labute approximate surface area is 121 Å². The van der Waals surface area contributed by atoms with Crippen molar-refractivity contribution in [2.45, 2.75) is 24.7 Å². The summed E-state index contributed by atoms with van der Waals surface area (Å²) in [4.78, 5) is 2.48. The molecule has 0 spiro atoms. The van der Waals surface area contributed by atoms with Gasteiger partial charge in [-0.2, -0.15) is 0 Å². The molecular weight excluding hydrogens is 274 g/mol. The highest BCUT2D eigenvalue weighted by Gasteiger charge is 2.21. The normalized spacial score (nSPS) is 17.7. The van der Waals surface area contributed by atoms with E-state index in [1.54, 1.807) is 12.1 Å². The Balaban J connectivity index is 2.27. The highest BCUT2D eigenvalue weighted by molar-refractivity contribution is 7.89. The molecule has 0 unspecified atom stereocenters. The van der Waals surface area contributed by atoms with E-state index >= 15 is 0 Å². The number of nitrogens with two attached hydrogens (primary N) is 1. The van der Waals surface area contributed by atoms with Crippen LogP contribution in [0.25, 0.3) is 0 Å². The highest BCUT2D eigenvalue weighted by Crippen LogP contribution is 2.30. The smallest absolute Gasteiger partial charge is 0.242 e. The average Bonchev–Trinajstić information content (AvgIpc) is 2.39. The van der Waals surface area contributed by atoms with Crippen LogP contribution in [0, 0.1) is 5.92 Å². The zero-order chi connectivity index (χ0) is 14.9. The van der Waals surface area contributed by atoms with Gasteiger partial charge in [0.05, 0.1) is 16.3 Å². The van der Waals surface area contributed by atoms with Crippen molar-refractivity contribution in [3.8, 4) is 0 Å². The van der Waals surface area contributed by atoms with Crippen molar-refractivity contribution in [2.24, 2.45) is 5.92 Å². The van der Waals surface area contributed by atoms with E-state index in [0.29, 0.717) is 5.69 Å². The lowest BCUT2D eigenvalue weighted by atomic mass is 9.98. The summed E-state index contributed by atoms with van der Waals surface area (Å²) in [5.74, 6) is 0.751. The minimum atomic E-state index is -3.42. The first-order valence-electron chi connectivity index (χ1n) is 6.89. The Morgan fingerprint density at radius 2 is 1.85 bits per heavy atom. The lowest BCUT2D eigenvalue weighted by Gasteiger charge is -2.33. The molecule has 20 heavy (non-hydrogen) atoms. The standard InChI is InChI=1S/C14H23N3O2S/c1-11-6-8-17(9-7-11)14-5-4-12(10-13(14)15)20(18,19)16(2)3/h4-5,10-11H,6-9,15H2,1-3H3. The number of anilines is 2. The summed E-state index contributed by atoms with van der Waals surface area (Å²) in [7, 11) is -0.382. The second-order valence-corrected chi connectivity index (χ2v) is 7.83. The number of piperidine rings is 1. The maximum absolute atomic E-state index is 12.1. The van der Waals surface area contributed by atoms with Gasteiger partial charge in [-0.15, -0.1) is 0 Å². The lowest BCUT2D eigenvalue weighted by Crippen LogP contribution is -2.33. The minimum Gasteiger partial charge on any atom is -0.397 e. The fourth-order valence-electron chi connectivity index (χ4n) is 2.44. The lowest BCUT2D eigenvalue weighted by molar-refractivity contribution is 0.438. The van der Waals surface area contributed by atoms with E-state index in [4.69, 9.17) is 5.73 Å². The van der Waals surface area contributed by atoms with Crippen molar-refractivity contribution in [1.82, 2.24) is 4.31 Å². The summed E-state index contributed by atoms with van der Waals surface area (Å²) in [5.41, 5.74) is 7.53. The molecule has 0 aromatic heterocycles. The van der Waals surface area contributed by atoms with Crippen LogP contribution in [0.15, 0.2) is 23.1 Å². The zero-order valence-corrected chi connectivity index (χ0v) is 13.2.